The molecule has 4 aromatic rings. The summed E-state index contributed by atoms with van der Waals surface area (Å²) in [6.07, 6.45) is 4.98. The predicted octanol–water partition coefficient (Wildman–Crippen LogP) is 2.94. The van der Waals surface area contributed by atoms with Crippen molar-refractivity contribution in [1.82, 2.24) is 24.5 Å². The van der Waals surface area contributed by atoms with E-state index in [1.54, 1.807) is 30.7 Å². The van der Waals surface area contributed by atoms with Crippen LogP contribution in [0.3, 0.4) is 0 Å². The van der Waals surface area contributed by atoms with Crippen LogP contribution in [0.2, 0.25) is 0 Å². The molecule has 0 spiro atoms. The molecule has 4 rings (SSSR count). The Morgan fingerprint density at radius 2 is 2.07 bits per heavy atom. The van der Waals surface area contributed by atoms with Gasteiger partial charge in [0.2, 0.25) is 5.91 Å². The van der Waals surface area contributed by atoms with Crippen LogP contribution in [-0.2, 0) is 17.8 Å². The second kappa shape index (κ2) is 7.55. The molecular weight excluding hydrogens is 374 g/mol. The van der Waals surface area contributed by atoms with Crippen molar-refractivity contribution in [3.05, 3.63) is 63.8 Å². The van der Waals surface area contributed by atoms with Gasteiger partial charge in [0.15, 0.2) is 0 Å². The maximum atomic E-state index is 13.1. The molecule has 1 amide bonds. The van der Waals surface area contributed by atoms with Crippen LogP contribution in [0.15, 0.2) is 46.8 Å². The third-order valence-electron chi connectivity index (χ3n) is 4.75. The van der Waals surface area contributed by atoms with Gasteiger partial charge in [0, 0.05) is 30.7 Å². The molecule has 28 heavy (non-hydrogen) atoms. The van der Waals surface area contributed by atoms with Crippen LogP contribution in [0.1, 0.15) is 37.7 Å². The fourth-order valence-electron chi connectivity index (χ4n) is 3.27. The third-order valence-corrected chi connectivity index (χ3v) is 5.67. The number of thiophene rings is 1. The van der Waals surface area contributed by atoms with E-state index < -0.39 is 6.04 Å². The monoisotopic (exact) mass is 395 g/mol. The summed E-state index contributed by atoms with van der Waals surface area (Å²) in [5.74, 6) is 0.551. The molecule has 1 N–H and O–H groups in total. The maximum Gasteiger partial charge on any atom is 0.291 e. The van der Waals surface area contributed by atoms with Crippen LogP contribution >= 0.6 is 11.3 Å². The Bertz CT molecular complexity index is 1190. The van der Waals surface area contributed by atoms with Crippen LogP contribution in [-0.4, -0.2) is 25.1 Å². The van der Waals surface area contributed by atoms with Gasteiger partial charge < -0.3 is 5.32 Å². The first-order valence-electron chi connectivity index (χ1n) is 9.27. The first-order chi connectivity index (χ1) is 13.6. The summed E-state index contributed by atoms with van der Waals surface area (Å²) in [6.45, 7) is 4.15. The summed E-state index contributed by atoms with van der Waals surface area (Å²) in [5, 5.41) is 10.5. The van der Waals surface area contributed by atoms with Crippen LogP contribution in [0, 0.1) is 0 Å². The minimum absolute atomic E-state index is 0.244. The second-order valence-corrected chi connectivity index (χ2v) is 7.61. The molecule has 1 atom stereocenters. The smallest absolute Gasteiger partial charge is 0.291 e. The zero-order valence-corrected chi connectivity index (χ0v) is 16.6. The summed E-state index contributed by atoms with van der Waals surface area (Å²) in [7, 11) is 0. The molecule has 0 saturated heterocycles. The van der Waals surface area contributed by atoms with Crippen molar-refractivity contribution in [3.8, 4) is 0 Å². The number of nitrogens with one attached hydrogen (secondary N) is 1. The van der Waals surface area contributed by atoms with Gasteiger partial charge in [0.05, 0.1) is 0 Å². The number of hydrogen-bond acceptors (Lipinski definition) is 5. The van der Waals surface area contributed by atoms with E-state index in [0.29, 0.717) is 12.1 Å². The largest absolute Gasteiger partial charge is 0.350 e. The Kier molecular flexibility index (Phi) is 4.95. The Morgan fingerprint density at radius 3 is 2.82 bits per heavy atom. The van der Waals surface area contributed by atoms with Crippen molar-refractivity contribution in [1.29, 1.82) is 0 Å². The van der Waals surface area contributed by atoms with Crippen LogP contribution in [0.4, 0.5) is 0 Å². The van der Waals surface area contributed by atoms with Gasteiger partial charge in [-0.25, -0.2) is 4.68 Å². The van der Waals surface area contributed by atoms with Crippen LogP contribution in [0.5, 0.6) is 0 Å². The van der Waals surface area contributed by atoms with E-state index in [1.165, 1.54) is 4.68 Å². The first-order valence-corrected chi connectivity index (χ1v) is 10.1. The molecule has 0 bridgehead atoms. The lowest BCUT2D eigenvalue weighted by atomic mass is 10.2. The lowest BCUT2D eigenvalue weighted by Gasteiger charge is -2.16. The van der Waals surface area contributed by atoms with E-state index >= 15 is 0 Å². The predicted molar refractivity (Wildman–Crippen MR) is 110 cm³/mol. The Morgan fingerprint density at radius 1 is 1.29 bits per heavy atom. The zero-order chi connectivity index (χ0) is 19.7. The van der Waals surface area contributed by atoms with Crippen molar-refractivity contribution in [2.75, 3.05) is 0 Å². The lowest BCUT2D eigenvalue weighted by Crippen LogP contribution is -2.38. The summed E-state index contributed by atoms with van der Waals surface area (Å²) < 4.78 is 3.25. The molecule has 0 aliphatic heterocycles. The number of carbonyl (C=O) groups is 1. The maximum absolute atomic E-state index is 13.1. The molecular formula is C20H21N5O2S. The highest BCUT2D eigenvalue weighted by molar-refractivity contribution is 7.16. The van der Waals surface area contributed by atoms with Gasteiger partial charge in [-0.05, 0) is 48.6 Å². The summed E-state index contributed by atoms with van der Waals surface area (Å²) >= 11 is 1.59. The molecule has 0 aromatic carbocycles. The first kappa shape index (κ1) is 18.4. The quantitative estimate of drug-likeness (QED) is 0.544. The normalized spacial score (nSPS) is 12.5. The van der Waals surface area contributed by atoms with Crippen molar-refractivity contribution in [2.24, 2.45) is 0 Å². The molecule has 0 aliphatic rings. The molecule has 0 unspecified atom stereocenters. The van der Waals surface area contributed by atoms with Gasteiger partial charge in [0.1, 0.15) is 22.2 Å². The highest BCUT2D eigenvalue weighted by atomic mass is 32.1. The lowest BCUT2D eigenvalue weighted by molar-refractivity contribution is -0.124. The number of rotatable bonds is 6. The minimum atomic E-state index is -0.706. The standard InChI is InChI=1S/C20H21N5O2S/c1-3-4-17-23-25(13(2)18(26)22-12-14-5-8-21-9-6-14)19(27)16-11-15-7-10-28-20(15)24(16)17/h5-11,13H,3-4,12H2,1-2H3,(H,22,26)/t13-/m0/s1. The van der Waals surface area contributed by atoms with Crippen molar-refractivity contribution >= 4 is 33.0 Å². The van der Waals surface area contributed by atoms with Crippen molar-refractivity contribution in [3.63, 3.8) is 0 Å². The van der Waals surface area contributed by atoms with Crippen molar-refractivity contribution < 1.29 is 4.79 Å². The van der Waals surface area contributed by atoms with Gasteiger partial charge in [0.25, 0.3) is 5.56 Å². The van der Waals surface area contributed by atoms with Crippen molar-refractivity contribution in [2.45, 2.75) is 39.3 Å². The highest BCUT2D eigenvalue weighted by Crippen LogP contribution is 2.25. The third kappa shape index (κ3) is 3.20. The average Bonchev–Trinajstić information content (AvgIpc) is 3.30. The summed E-state index contributed by atoms with van der Waals surface area (Å²) in [4.78, 5) is 30.7. The van der Waals surface area contributed by atoms with Crippen LogP contribution < -0.4 is 10.9 Å². The highest BCUT2D eigenvalue weighted by Gasteiger charge is 2.21. The van der Waals surface area contributed by atoms with Gasteiger partial charge in [-0.2, -0.15) is 5.10 Å². The number of aryl methyl sites for hydroxylation is 1. The topological polar surface area (TPSA) is 81.3 Å². The molecule has 8 heteroatoms. The molecule has 0 radical (unpaired) electrons. The molecule has 7 nitrogen and oxygen atoms in total. The molecule has 0 fully saturated rings. The fourth-order valence-corrected chi connectivity index (χ4v) is 4.18. The Balaban J connectivity index is 1.70. The van der Waals surface area contributed by atoms with Gasteiger partial charge in [-0.1, -0.05) is 6.92 Å². The SMILES string of the molecule is CCCc1nn([C@@H](C)C(=O)NCc2ccncc2)c(=O)c2cc3ccsc3n12. The summed E-state index contributed by atoms with van der Waals surface area (Å²) in [6, 6.07) is 6.86. The number of amides is 1. The number of carbonyl (C=O) groups excluding carboxylic acids is 1. The number of aromatic nitrogens is 4. The number of hydrogen-bond donors (Lipinski definition) is 1. The van der Waals surface area contributed by atoms with E-state index in [4.69, 9.17) is 0 Å². The Hall–Kier alpha value is -3.00. The van der Waals surface area contributed by atoms with E-state index in [9.17, 15) is 9.59 Å². The second-order valence-electron chi connectivity index (χ2n) is 6.71. The molecule has 0 saturated carbocycles. The zero-order valence-electron chi connectivity index (χ0n) is 15.8. The van der Waals surface area contributed by atoms with E-state index in [1.807, 2.05) is 34.0 Å². The fraction of sp³-hybridized carbons (Fsp3) is 0.300. The summed E-state index contributed by atoms with van der Waals surface area (Å²) in [5.41, 5.74) is 1.26. The number of nitrogens with zero attached hydrogens (tertiary/aromatic N) is 4. The van der Waals surface area contributed by atoms with E-state index in [2.05, 4.69) is 22.3 Å². The van der Waals surface area contributed by atoms with E-state index in [0.717, 1.165) is 34.4 Å². The van der Waals surface area contributed by atoms with Gasteiger partial charge in [-0.3, -0.25) is 19.0 Å². The van der Waals surface area contributed by atoms with E-state index in [-0.39, 0.29) is 11.5 Å². The number of pyridine rings is 1. The average molecular weight is 395 g/mol. The van der Waals surface area contributed by atoms with Gasteiger partial charge >= 0.3 is 0 Å². The molecule has 4 aromatic heterocycles. The Labute approximate surface area is 165 Å². The molecule has 0 aliphatic carbocycles. The molecule has 4 heterocycles. The minimum Gasteiger partial charge on any atom is -0.350 e. The molecule has 144 valence electrons. The van der Waals surface area contributed by atoms with Crippen LogP contribution in [0.25, 0.3) is 15.7 Å². The number of fused-ring (bicyclic) bond motifs is 3. The van der Waals surface area contributed by atoms with Gasteiger partial charge in [-0.15, -0.1) is 11.3 Å².